The smallest absolute Gasteiger partial charge is 0.257 e. The van der Waals surface area contributed by atoms with Crippen molar-refractivity contribution >= 4 is 6.21 Å². The third kappa shape index (κ3) is 4.00. The Morgan fingerprint density at radius 2 is 2.30 bits per heavy atom. The van der Waals surface area contributed by atoms with Crippen molar-refractivity contribution < 1.29 is 8.78 Å². The zero-order chi connectivity index (χ0) is 7.98. The lowest BCUT2D eigenvalue weighted by molar-refractivity contribution is 0.110. The summed E-state index contributed by atoms with van der Waals surface area (Å²) in [7, 11) is 0. The van der Waals surface area contributed by atoms with E-state index in [0.717, 1.165) is 5.01 Å². The predicted octanol–water partition coefficient (Wildman–Crippen LogP) is 1.70. The van der Waals surface area contributed by atoms with E-state index in [1.54, 1.807) is 6.92 Å². The Morgan fingerprint density at radius 1 is 1.70 bits per heavy atom. The van der Waals surface area contributed by atoms with E-state index in [1.807, 2.05) is 0 Å². The second-order valence-electron chi connectivity index (χ2n) is 1.57. The number of halogens is 2. The van der Waals surface area contributed by atoms with E-state index in [2.05, 4.69) is 11.7 Å². The quantitative estimate of drug-likeness (QED) is 0.437. The number of rotatable bonds is 4. The van der Waals surface area contributed by atoms with Crippen molar-refractivity contribution in [2.75, 3.05) is 6.54 Å². The van der Waals surface area contributed by atoms with Crippen LogP contribution in [0.3, 0.4) is 0 Å². The molecule has 0 fully saturated rings. The number of nitrogens with zero attached hydrogens (tertiary/aromatic N) is 2. The van der Waals surface area contributed by atoms with Crippen LogP contribution in [0.15, 0.2) is 17.9 Å². The van der Waals surface area contributed by atoms with Crippen molar-refractivity contribution in [3.05, 3.63) is 12.8 Å². The molecule has 0 atom stereocenters. The van der Waals surface area contributed by atoms with E-state index < -0.39 is 13.0 Å². The van der Waals surface area contributed by atoms with Crippen LogP contribution in [0, 0.1) is 0 Å². The van der Waals surface area contributed by atoms with E-state index in [1.165, 1.54) is 12.4 Å². The summed E-state index contributed by atoms with van der Waals surface area (Å²) in [5.41, 5.74) is 0. The highest BCUT2D eigenvalue weighted by atomic mass is 19.3. The second-order valence-corrected chi connectivity index (χ2v) is 1.57. The van der Waals surface area contributed by atoms with Gasteiger partial charge in [0.25, 0.3) is 6.43 Å². The highest BCUT2D eigenvalue weighted by Crippen LogP contribution is 1.97. The minimum absolute atomic E-state index is 0.395. The highest BCUT2D eigenvalue weighted by Gasteiger charge is 2.04. The maximum atomic E-state index is 11.6. The third-order valence-corrected chi connectivity index (χ3v) is 0.800. The molecule has 58 valence electrons. The first kappa shape index (κ1) is 9.07. The van der Waals surface area contributed by atoms with E-state index >= 15 is 0 Å². The van der Waals surface area contributed by atoms with Crippen LogP contribution in [0.4, 0.5) is 8.78 Å². The summed E-state index contributed by atoms with van der Waals surface area (Å²) < 4.78 is 23.3. The van der Waals surface area contributed by atoms with Gasteiger partial charge < -0.3 is 0 Å². The van der Waals surface area contributed by atoms with Crippen molar-refractivity contribution in [2.45, 2.75) is 13.3 Å². The van der Waals surface area contributed by atoms with E-state index in [0.29, 0.717) is 0 Å². The molecule has 0 aliphatic rings. The maximum absolute atomic E-state index is 11.6. The Hall–Kier alpha value is -0.930. The molecule has 0 amide bonds. The molecule has 0 unspecified atom stereocenters. The molecule has 0 aromatic heterocycles. The molecule has 2 nitrogen and oxygen atoms in total. The van der Waals surface area contributed by atoms with E-state index in [4.69, 9.17) is 0 Å². The summed E-state index contributed by atoms with van der Waals surface area (Å²) in [6.45, 7) is 4.57. The fraction of sp³-hybridized carbons (Fsp3) is 0.500. The molecule has 0 bridgehead atoms. The minimum Gasteiger partial charge on any atom is -0.268 e. The van der Waals surface area contributed by atoms with Crippen LogP contribution in [0.2, 0.25) is 0 Å². The first-order valence-corrected chi connectivity index (χ1v) is 2.86. The molecule has 0 heterocycles. The summed E-state index contributed by atoms with van der Waals surface area (Å²) in [5.74, 6) is 0. The summed E-state index contributed by atoms with van der Waals surface area (Å²) in [5, 5.41) is 4.68. The van der Waals surface area contributed by atoms with E-state index in [9.17, 15) is 8.78 Å². The lowest BCUT2D eigenvalue weighted by Gasteiger charge is -2.11. The van der Waals surface area contributed by atoms with Gasteiger partial charge in [0, 0.05) is 12.4 Å². The van der Waals surface area contributed by atoms with Crippen molar-refractivity contribution in [2.24, 2.45) is 5.10 Å². The van der Waals surface area contributed by atoms with Crippen LogP contribution >= 0.6 is 0 Å². The van der Waals surface area contributed by atoms with Gasteiger partial charge in [0.05, 0.1) is 0 Å². The minimum atomic E-state index is -2.37. The van der Waals surface area contributed by atoms with Gasteiger partial charge in [0.2, 0.25) is 0 Å². The summed E-state index contributed by atoms with van der Waals surface area (Å²) >= 11 is 0. The van der Waals surface area contributed by atoms with Crippen molar-refractivity contribution in [3.63, 3.8) is 0 Å². The van der Waals surface area contributed by atoms with Crippen LogP contribution in [0.5, 0.6) is 0 Å². The number of alkyl halides is 2. The molecule has 0 saturated heterocycles. The van der Waals surface area contributed by atoms with Crippen molar-refractivity contribution in [1.29, 1.82) is 0 Å². The lowest BCUT2D eigenvalue weighted by atomic mass is 10.6. The molecule has 0 rings (SSSR count). The fourth-order valence-electron chi connectivity index (χ4n) is 0.459. The molecule has 0 aromatic carbocycles. The van der Waals surface area contributed by atoms with Gasteiger partial charge in [-0.25, -0.2) is 8.78 Å². The Morgan fingerprint density at radius 3 is 2.60 bits per heavy atom. The Kier molecular flexibility index (Phi) is 4.45. The molecule has 0 radical (unpaired) electrons. The van der Waals surface area contributed by atoms with Gasteiger partial charge in [-0.2, -0.15) is 5.10 Å². The molecule has 0 aliphatic carbocycles. The normalized spacial score (nSPS) is 10.8. The molecule has 0 saturated carbocycles. The zero-order valence-corrected chi connectivity index (χ0v) is 5.80. The van der Waals surface area contributed by atoms with Gasteiger partial charge in [0.1, 0.15) is 6.54 Å². The highest BCUT2D eigenvalue weighted by molar-refractivity contribution is 5.52. The topological polar surface area (TPSA) is 15.6 Å². The Bertz CT molecular complexity index is 123. The predicted molar refractivity (Wildman–Crippen MR) is 37.1 cm³/mol. The van der Waals surface area contributed by atoms with Crippen molar-refractivity contribution in [1.82, 2.24) is 5.01 Å². The van der Waals surface area contributed by atoms with Gasteiger partial charge in [-0.05, 0) is 6.92 Å². The van der Waals surface area contributed by atoms with Crippen LogP contribution < -0.4 is 0 Å². The maximum Gasteiger partial charge on any atom is 0.257 e. The average molecular weight is 148 g/mol. The van der Waals surface area contributed by atoms with Crippen LogP contribution in [-0.4, -0.2) is 24.2 Å². The largest absolute Gasteiger partial charge is 0.268 e. The summed E-state index contributed by atoms with van der Waals surface area (Å²) in [4.78, 5) is 0. The molecule has 0 spiro atoms. The van der Waals surface area contributed by atoms with Gasteiger partial charge in [0.15, 0.2) is 0 Å². The third-order valence-electron chi connectivity index (χ3n) is 0.800. The van der Waals surface area contributed by atoms with Gasteiger partial charge in [-0.3, -0.25) is 5.01 Å². The van der Waals surface area contributed by atoms with Crippen LogP contribution in [-0.2, 0) is 0 Å². The van der Waals surface area contributed by atoms with Crippen LogP contribution in [0.25, 0.3) is 0 Å². The molecule has 0 aromatic rings. The molecule has 0 aliphatic heterocycles. The Labute approximate surface area is 58.8 Å². The van der Waals surface area contributed by atoms with Crippen molar-refractivity contribution in [3.8, 4) is 0 Å². The summed E-state index contributed by atoms with van der Waals surface area (Å²) in [6, 6.07) is 0. The molecular formula is C6H10F2N2. The van der Waals surface area contributed by atoms with Gasteiger partial charge >= 0.3 is 0 Å². The molecular weight excluding hydrogens is 138 g/mol. The standard InChI is InChI=1S/C6H10F2N2/c1-3-9-10(4-2)5-6(7)8/h3-4,6H,2,5H2,1H3/b9-3-. The molecule has 0 N–H and O–H groups in total. The number of hydrazone groups is 1. The van der Waals surface area contributed by atoms with Gasteiger partial charge in [-0.1, -0.05) is 6.58 Å². The summed E-state index contributed by atoms with van der Waals surface area (Å²) in [6.07, 6.45) is 0.317. The molecule has 4 heteroatoms. The number of hydrogen-bond acceptors (Lipinski definition) is 2. The molecule has 10 heavy (non-hydrogen) atoms. The Balaban J connectivity index is 3.71. The first-order chi connectivity index (χ1) is 4.70. The zero-order valence-electron chi connectivity index (χ0n) is 5.80. The average Bonchev–Trinajstić information content (AvgIpc) is 1.86. The van der Waals surface area contributed by atoms with E-state index in [-0.39, 0.29) is 0 Å². The van der Waals surface area contributed by atoms with Crippen LogP contribution in [0.1, 0.15) is 6.92 Å². The lowest BCUT2D eigenvalue weighted by Crippen LogP contribution is -2.17. The first-order valence-electron chi connectivity index (χ1n) is 2.86. The number of hydrogen-bond donors (Lipinski definition) is 0. The second kappa shape index (κ2) is 4.90. The SMILES string of the molecule is C=CN(CC(F)F)/N=C\C. The monoisotopic (exact) mass is 148 g/mol. The van der Waals surface area contributed by atoms with Gasteiger partial charge in [-0.15, -0.1) is 0 Å². The fourth-order valence-corrected chi connectivity index (χ4v) is 0.459.